The normalized spacial score (nSPS) is 11.6. The molecule has 25 heavy (non-hydrogen) atoms. The number of aryl methyl sites for hydroxylation is 1. The monoisotopic (exact) mass is 383 g/mol. The lowest BCUT2D eigenvalue weighted by atomic mass is 10.2. The van der Waals surface area contributed by atoms with Gasteiger partial charge < -0.3 is 10.2 Å². The average molecular weight is 384 g/mol. The molecule has 0 bridgehead atoms. The summed E-state index contributed by atoms with van der Waals surface area (Å²) < 4.78 is 27.2. The fraction of sp³-hybridized carbons (Fsp3) is 0.375. The molecule has 0 fully saturated rings. The van der Waals surface area contributed by atoms with Crippen molar-refractivity contribution in [2.24, 2.45) is 0 Å². The standard InChI is InChI=1S/C16H22ClN5O2S/c1-12-11-13(5-6-14(12)17)25(23,24)21-16-8-7-15(19-20-16)18-9-4-10-22(2)3/h5-8,11H,4,9-10H2,1-3H3,(H,18,19)(H,20,21). The Morgan fingerprint density at radius 1 is 1.12 bits per heavy atom. The highest BCUT2D eigenvalue weighted by molar-refractivity contribution is 7.92. The van der Waals surface area contributed by atoms with Gasteiger partial charge in [-0.3, -0.25) is 4.72 Å². The van der Waals surface area contributed by atoms with Crippen molar-refractivity contribution in [1.82, 2.24) is 15.1 Å². The van der Waals surface area contributed by atoms with E-state index in [2.05, 4.69) is 25.1 Å². The third-order valence-electron chi connectivity index (χ3n) is 3.43. The molecule has 0 unspecified atom stereocenters. The SMILES string of the molecule is Cc1cc(S(=O)(=O)Nc2ccc(NCCCN(C)C)nn2)ccc1Cl. The largest absolute Gasteiger partial charge is 0.369 e. The van der Waals surface area contributed by atoms with Crippen LogP contribution in [0.5, 0.6) is 0 Å². The molecule has 136 valence electrons. The van der Waals surface area contributed by atoms with Gasteiger partial charge in [0.1, 0.15) is 5.82 Å². The number of anilines is 2. The van der Waals surface area contributed by atoms with Crippen molar-refractivity contribution in [2.45, 2.75) is 18.2 Å². The van der Waals surface area contributed by atoms with Gasteiger partial charge in [-0.05, 0) is 69.9 Å². The molecule has 2 rings (SSSR count). The van der Waals surface area contributed by atoms with E-state index < -0.39 is 10.0 Å². The van der Waals surface area contributed by atoms with Crippen LogP contribution in [-0.4, -0.2) is 50.7 Å². The second-order valence-corrected chi connectivity index (χ2v) is 7.99. The van der Waals surface area contributed by atoms with E-state index in [1.54, 1.807) is 25.1 Å². The quantitative estimate of drug-likeness (QED) is 0.681. The van der Waals surface area contributed by atoms with Gasteiger partial charge in [0.15, 0.2) is 5.82 Å². The molecule has 1 heterocycles. The molecule has 0 aliphatic carbocycles. The Morgan fingerprint density at radius 2 is 1.80 bits per heavy atom. The van der Waals surface area contributed by atoms with Crippen molar-refractivity contribution in [2.75, 3.05) is 37.2 Å². The van der Waals surface area contributed by atoms with Crippen LogP contribution in [0.15, 0.2) is 35.2 Å². The minimum atomic E-state index is -3.73. The lowest BCUT2D eigenvalue weighted by Crippen LogP contribution is -2.17. The molecule has 0 aliphatic heterocycles. The molecular formula is C16H22ClN5O2S. The number of halogens is 1. The lowest BCUT2D eigenvalue weighted by Gasteiger charge is -2.11. The van der Waals surface area contributed by atoms with E-state index in [1.165, 1.54) is 12.1 Å². The van der Waals surface area contributed by atoms with Gasteiger partial charge in [0.2, 0.25) is 0 Å². The van der Waals surface area contributed by atoms with Crippen LogP contribution >= 0.6 is 11.6 Å². The van der Waals surface area contributed by atoms with Crippen molar-refractivity contribution < 1.29 is 8.42 Å². The maximum absolute atomic E-state index is 12.4. The van der Waals surface area contributed by atoms with Crippen molar-refractivity contribution >= 4 is 33.3 Å². The molecule has 2 aromatic rings. The van der Waals surface area contributed by atoms with Crippen molar-refractivity contribution in [3.63, 3.8) is 0 Å². The summed E-state index contributed by atoms with van der Waals surface area (Å²) in [6.45, 7) is 3.48. The van der Waals surface area contributed by atoms with Crippen LogP contribution in [0, 0.1) is 6.92 Å². The third-order valence-corrected chi connectivity index (χ3v) is 5.21. The minimum absolute atomic E-state index is 0.127. The number of hydrogen-bond acceptors (Lipinski definition) is 6. The van der Waals surface area contributed by atoms with Crippen LogP contribution in [0.3, 0.4) is 0 Å². The molecular weight excluding hydrogens is 362 g/mol. The first-order valence-electron chi connectivity index (χ1n) is 7.79. The molecule has 1 aromatic heterocycles. The summed E-state index contributed by atoms with van der Waals surface area (Å²) in [4.78, 5) is 2.23. The Bertz CT molecular complexity index is 810. The number of nitrogens with zero attached hydrogens (tertiary/aromatic N) is 3. The molecule has 0 saturated heterocycles. The number of rotatable bonds is 8. The van der Waals surface area contributed by atoms with Gasteiger partial charge in [0, 0.05) is 11.6 Å². The zero-order valence-electron chi connectivity index (χ0n) is 14.5. The van der Waals surface area contributed by atoms with E-state index in [9.17, 15) is 8.42 Å². The number of hydrogen-bond donors (Lipinski definition) is 2. The summed E-state index contributed by atoms with van der Waals surface area (Å²) in [6.07, 6.45) is 0.971. The minimum Gasteiger partial charge on any atom is -0.369 e. The molecule has 0 spiro atoms. The maximum Gasteiger partial charge on any atom is 0.263 e. The number of sulfonamides is 1. The van der Waals surface area contributed by atoms with Gasteiger partial charge in [0.05, 0.1) is 4.90 Å². The molecule has 7 nitrogen and oxygen atoms in total. The van der Waals surface area contributed by atoms with Crippen LogP contribution in [0.2, 0.25) is 5.02 Å². The van der Waals surface area contributed by atoms with Crippen LogP contribution in [-0.2, 0) is 10.0 Å². The van der Waals surface area contributed by atoms with Crippen LogP contribution < -0.4 is 10.0 Å². The van der Waals surface area contributed by atoms with Gasteiger partial charge in [-0.1, -0.05) is 11.6 Å². The van der Waals surface area contributed by atoms with Gasteiger partial charge in [0.25, 0.3) is 10.0 Å². The summed E-state index contributed by atoms with van der Waals surface area (Å²) in [6, 6.07) is 7.78. The highest BCUT2D eigenvalue weighted by Crippen LogP contribution is 2.21. The summed E-state index contributed by atoms with van der Waals surface area (Å²) >= 11 is 5.93. The molecule has 0 amide bonds. The van der Waals surface area contributed by atoms with E-state index in [0.29, 0.717) is 16.4 Å². The molecule has 2 N–H and O–H groups in total. The Kier molecular flexibility index (Phi) is 6.57. The van der Waals surface area contributed by atoms with Gasteiger partial charge >= 0.3 is 0 Å². The van der Waals surface area contributed by atoms with Crippen molar-refractivity contribution in [1.29, 1.82) is 0 Å². The molecule has 0 aliphatic rings. The van der Waals surface area contributed by atoms with E-state index in [-0.39, 0.29) is 10.7 Å². The Labute approximate surface area is 153 Å². The van der Waals surface area contributed by atoms with E-state index >= 15 is 0 Å². The predicted octanol–water partition coefficient (Wildman–Crippen LogP) is 2.60. The second-order valence-electron chi connectivity index (χ2n) is 5.90. The highest BCUT2D eigenvalue weighted by Gasteiger charge is 2.16. The fourth-order valence-electron chi connectivity index (χ4n) is 2.07. The summed E-state index contributed by atoms with van der Waals surface area (Å²) in [5.74, 6) is 0.760. The third kappa shape index (κ3) is 5.84. The van der Waals surface area contributed by atoms with Crippen LogP contribution in [0.4, 0.5) is 11.6 Å². The first-order valence-corrected chi connectivity index (χ1v) is 9.65. The van der Waals surface area contributed by atoms with Crippen LogP contribution in [0.25, 0.3) is 0 Å². The van der Waals surface area contributed by atoms with E-state index in [1.807, 2.05) is 14.1 Å². The van der Waals surface area contributed by atoms with Gasteiger partial charge in [-0.25, -0.2) is 8.42 Å². The topological polar surface area (TPSA) is 87.2 Å². The zero-order chi connectivity index (χ0) is 18.4. The summed E-state index contributed by atoms with van der Waals surface area (Å²) in [5.41, 5.74) is 0.688. The first-order chi connectivity index (χ1) is 11.8. The fourth-order valence-corrected chi connectivity index (χ4v) is 3.27. The smallest absolute Gasteiger partial charge is 0.263 e. The predicted molar refractivity (Wildman–Crippen MR) is 101 cm³/mol. The molecule has 0 saturated carbocycles. The Balaban J connectivity index is 1.99. The lowest BCUT2D eigenvalue weighted by molar-refractivity contribution is 0.405. The zero-order valence-corrected chi connectivity index (χ0v) is 16.0. The molecule has 9 heteroatoms. The molecule has 1 aromatic carbocycles. The van der Waals surface area contributed by atoms with Crippen LogP contribution in [0.1, 0.15) is 12.0 Å². The van der Waals surface area contributed by atoms with Crippen molar-refractivity contribution in [3.8, 4) is 0 Å². The number of benzene rings is 1. The Morgan fingerprint density at radius 3 is 2.40 bits per heavy atom. The van der Waals surface area contributed by atoms with E-state index in [0.717, 1.165) is 19.5 Å². The van der Waals surface area contributed by atoms with Gasteiger partial charge in [-0.2, -0.15) is 0 Å². The molecule has 0 radical (unpaired) electrons. The second kappa shape index (κ2) is 8.46. The van der Waals surface area contributed by atoms with E-state index in [4.69, 9.17) is 11.6 Å². The Hall–Kier alpha value is -1.90. The average Bonchev–Trinajstić information content (AvgIpc) is 2.55. The number of aromatic nitrogens is 2. The summed E-state index contributed by atoms with van der Waals surface area (Å²) in [5, 5.41) is 11.5. The number of nitrogens with one attached hydrogen (secondary N) is 2. The first kappa shape index (κ1) is 19.4. The summed E-state index contributed by atoms with van der Waals surface area (Å²) in [7, 11) is 0.301. The van der Waals surface area contributed by atoms with Crippen molar-refractivity contribution in [3.05, 3.63) is 40.9 Å². The highest BCUT2D eigenvalue weighted by atomic mass is 35.5. The maximum atomic E-state index is 12.4. The molecule has 0 atom stereocenters. The van der Waals surface area contributed by atoms with Gasteiger partial charge in [-0.15, -0.1) is 10.2 Å².